The van der Waals surface area contributed by atoms with Gasteiger partial charge in [0.1, 0.15) is 0 Å². The lowest BCUT2D eigenvalue weighted by atomic mass is 10.1. The van der Waals surface area contributed by atoms with Crippen LogP contribution in [0.15, 0.2) is 42.5 Å². The van der Waals surface area contributed by atoms with E-state index >= 15 is 0 Å². The molecule has 2 fully saturated rings. The maximum atomic E-state index is 12.6. The third kappa shape index (κ3) is 4.15. The maximum Gasteiger partial charge on any atom is 0.257 e. The van der Waals surface area contributed by atoms with Crippen LogP contribution < -0.4 is 14.5 Å². The van der Waals surface area contributed by atoms with Crippen molar-refractivity contribution in [3.8, 4) is 0 Å². The molecule has 9 heteroatoms. The molecule has 0 aliphatic carbocycles. The molecule has 2 aliphatic rings. The van der Waals surface area contributed by atoms with Gasteiger partial charge in [-0.1, -0.05) is 11.6 Å². The topological polar surface area (TPSA) is 86.8 Å². The van der Waals surface area contributed by atoms with Gasteiger partial charge in [-0.25, -0.2) is 12.7 Å². The standard InChI is InChI=1S/C21H22ClN3O4S/c22-19-14-17(25-20(26)10-13-30(25,28)29)8-9-18(19)21(27)23-15-4-6-16(7-5-15)24-11-2-1-3-12-24/h4-9,14H,1-3,10-13H2,(H,23,27). The number of rotatable bonds is 4. The average Bonchev–Trinajstić information content (AvgIpc) is 3.01. The van der Waals surface area contributed by atoms with Crippen molar-refractivity contribution in [2.24, 2.45) is 0 Å². The fraction of sp³-hybridized carbons (Fsp3) is 0.333. The van der Waals surface area contributed by atoms with E-state index in [-0.39, 0.29) is 28.4 Å². The van der Waals surface area contributed by atoms with E-state index in [9.17, 15) is 18.0 Å². The smallest absolute Gasteiger partial charge is 0.257 e. The van der Waals surface area contributed by atoms with Gasteiger partial charge in [0.25, 0.3) is 5.91 Å². The number of hydrogen-bond donors (Lipinski definition) is 1. The highest BCUT2D eigenvalue weighted by atomic mass is 35.5. The molecule has 1 N–H and O–H groups in total. The van der Waals surface area contributed by atoms with E-state index in [1.807, 2.05) is 24.3 Å². The van der Waals surface area contributed by atoms with Gasteiger partial charge in [0.05, 0.1) is 22.0 Å². The summed E-state index contributed by atoms with van der Waals surface area (Å²) in [5.41, 5.74) is 2.11. The number of anilines is 3. The number of halogens is 1. The quantitative estimate of drug-likeness (QED) is 0.773. The summed E-state index contributed by atoms with van der Waals surface area (Å²) in [7, 11) is -3.68. The number of benzene rings is 2. The van der Waals surface area contributed by atoms with Gasteiger partial charge in [-0.2, -0.15) is 0 Å². The Labute approximate surface area is 180 Å². The summed E-state index contributed by atoms with van der Waals surface area (Å²) in [5, 5.41) is 2.88. The minimum absolute atomic E-state index is 0.0599. The molecule has 2 heterocycles. The molecule has 4 rings (SSSR count). The van der Waals surface area contributed by atoms with Crippen molar-refractivity contribution in [3.63, 3.8) is 0 Å². The number of amides is 2. The molecule has 0 bridgehead atoms. The van der Waals surface area contributed by atoms with Crippen LogP contribution in [0.5, 0.6) is 0 Å². The molecular formula is C21H22ClN3O4S. The molecule has 0 radical (unpaired) electrons. The van der Waals surface area contributed by atoms with E-state index in [1.165, 1.54) is 37.5 Å². The molecule has 2 saturated heterocycles. The molecule has 0 unspecified atom stereocenters. The molecule has 7 nitrogen and oxygen atoms in total. The molecule has 0 spiro atoms. The van der Waals surface area contributed by atoms with E-state index in [4.69, 9.17) is 11.6 Å². The van der Waals surface area contributed by atoms with E-state index in [1.54, 1.807) is 0 Å². The summed E-state index contributed by atoms with van der Waals surface area (Å²) < 4.78 is 24.9. The number of carbonyl (C=O) groups excluding carboxylic acids is 2. The predicted molar refractivity (Wildman–Crippen MR) is 118 cm³/mol. The maximum absolute atomic E-state index is 12.6. The first-order valence-corrected chi connectivity index (χ1v) is 11.9. The van der Waals surface area contributed by atoms with E-state index in [0.29, 0.717) is 5.69 Å². The van der Waals surface area contributed by atoms with Gasteiger partial charge >= 0.3 is 0 Å². The highest BCUT2D eigenvalue weighted by Crippen LogP contribution is 2.30. The van der Waals surface area contributed by atoms with Crippen LogP contribution in [0, 0.1) is 0 Å². The van der Waals surface area contributed by atoms with Gasteiger partial charge < -0.3 is 10.2 Å². The summed E-state index contributed by atoms with van der Waals surface area (Å²) in [6, 6.07) is 11.8. The minimum Gasteiger partial charge on any atom is -0.372 e. The lowest BCUT2D eigenvalue weighted by Crippen LogP contribution is -2.29. The first-order valence-electron chi connectivity index (χ1n) is 9.87. The zero-order valence-corrected chi connectivity index (χ0v) is 17.9. The first-order chi connectivity index (χ1) is 14.3. The van der Waals surface area contributed by atoms with Crippen molar-refractivity contribution >= 4 is 50.5 Å². The van der Waals surface area contributed by atoms with Crippen LogP contribution in [0.25, 0.3) is 0 Å². The van der Waals surface area contributed by atoms with Crippen molar-refractivity contribution in [1.29, 1.82) is 0 Å². The molecular weight excluding hydrogens is 426 g/mol. The van der Waals surface area contributed by atoms with Crippen LogP contribution in [-0.2, 0) is 14.8 Å². The fourth-order valence-corrected chi connectivity index (χ4v) is 5.50. The highest BCUT2D eigenvalue weighted by molar-refractivity contribution is 7.94. The van der Waals surface area contributed by atoms with Crippen molar-refractivity contribution in [3.05, 3.63) is 53.1 Å². The van der Waals surface area contributed by atoms with Crippen LogP contribution in [0.1, 0.15) is 36.0 Å². The number of hydrogen-bond acceptors (Lipinski definition) is 5. The summed E-state index contributed by atoms with van der Waals surface area (Å²) >= 11 is 6.24. The first kappa shape index (κ1) is 20.7. The van der Waals surface area contributed by atoms with Crippen molar-refractivity contribution < 1.29 is 18.0 Å². The number of piperidine rings is 1. The molecule has 30 heavy (non-hydrogen) atoms. The molecule has 0 saturated carbocycles. The second-order valence-corrected chi connectivity index (χ2v) is 9.78. The van der Waals surface area contributed by atoms with Crippen LogP contribution in [0.4, 0.5) is 17.1 Å². The van der Waals surface area contributed by atoms with E-state index in [0.717, 1.165) is 23.1 Å². The third-order valence-corrected chi connectivity index (χ3v) is 7.36. The van der Waals surface area contributed by atoms with E-state index < -0.39 is 21.8 Å². The number of carbonyl (C=O) groups is 2. The Kier molecular flexibility index (Phi) is 5.71. The second-order valence-electron chi connectivity index (χ2n) is 7.44. The SMILES string of the molecule is O=C(Nc1ccc(N2CCCCC2)cc1)c1ccc(N2C(=O)CCS2(=O)=O)cc1Cl. The van der Waals surface area contributed by atoms with Crippen LogP contribution >= 0.6 is 11.6 Å². The molecule has 2 aromatic rings. The number of sulfonamides is 1. The Morgan fingerprint density at radius 3 is 2.23 bits per heavy atom. The highest BCUT2D eigenvalue weighted by Gasteiger charge is 2.36. The van der Waals surface area contributed by atoms with Crippen LogP contribution in [-0.4, -0.2) is 39.1 Å². The predicted octanol–water partition coefficient (Wildman–Crippen LogP) is 3.65. The second kappa shape index (κ2) is 8.28. The molecule has 2 aliphatic heterocycles. The van der Waals surface area contributed by atoms with Crippen molar-refractivity contribution in [2.75, 3.05) is 33.4 Å². The zero-order valence-electron chi connectivity index (χ0n) is 16.3. The zero-order chi connectivity index (χ0) is 21.3. The Bertz CT molecular complexity index is 1080. The fourth-order valence-electron chi connectivity index (χ4n) is 3.79. The normalized spacial score (nSPS) is 18.5. The summed E-state index contributed by atoms with van der Waals surface area (Å²) in [5.74, 6) is -1.14. The third-order valence-electron chi connectivity index (χ3n) is 5.36. The van der Waals surface area contributed by atoms with Crippen LogP contribution in [0.3, 0.4) is 0 Å². The monoisotopic (exact) mass is 447 g/mol. The summed E-state index contributed by atoms with van der Waals surface area (Å²) in [6.07, 6.45) is 3.59. The van der Waals surface area contributed by atoms with Crippen molar-refractivity contribution in [2.45, 2.75) is 25.7 Å². The summed E-state index contributed by atoms with van der Waals surface area (Å²) in [6.45, 7) is 2.09. The summed E-state index contributed by atoms with van der Waals surface area (Å²) in [4.78, 5) is 26.9. The molecule has 2 aromatic carbocycles. The molecule has 0 aromatic heterocycles. The lowest BCUT2D eigenvalue weighted by molar-refractivity contribution is -0.116. The Morgan fingerprint density at radius 1 is 0.967 bits per heavy atom. The minimum atomic E-state index is -3.68. The van der Waals surface area contributed by atoms with Gasteiger partial charge in [0.15, 0.2) is 0 Å². The Balaban J connectivity index is 1.48. The van der Waals surface area contributed by atoms with Gasteiger partial charge in [-0.15, -0.1) is 0 Å². The van der Waals surface area contributed by atoms with E-state index in [2.05, 4.69) is 10.2 Å². The molecule has 0 atom stereocenters. The van der Waals surface area contributed by atoms with Gasteiger partial charge in [0.2, 0.25) is 15.9 Å². The number of nitrogens with zero attached hydrogens (tertiary/aromatic N) is 2. The van der Waals surface area contributed by atoms with Crippen molar-refractivity contribution in [1.82, 2.24) is 0 Å². The Hall–Kier alpha value is -2.58. The largest absolute Gasteiger partial charge is 0.372 e. The lowest BCUT2D eigenvalue weighted by Gasteiger charge is -2.28. The van der Waals surface area contributed by atoms with Crippen LogP contribution in [0.2, 0.25) is 5.02 Å². The molecule has 2 amide bonds. The van der Waals surface area contributed by atoms with Gasteiger partial charge in [0, 0.05) is 30.9 Å². The van der Waals surface area contributed by atoms with Gasteiger partial charge in [-0.05, 0) is 61.7 Å². The Morgan fingerprint density at radius 2 is 1.63 bits per heavy atom. The average molecular weight is 448 g/mol. The molecule has 158 valence electrons. The number of nitrogens with one attached hydrogen (secondary N) is 1. The van der Waals surface area contributed by atoms with Gasteiger partial charge in [-0.3, -0.25) is 9.59 Å².